The van der Waals surface area contributed by atoms with Crippen LogP contribution in [0.4, 0.5) is 0 Å². The molecule has 0 bridgehead atoms. The van der Waals surface area contributed by atoms with E-state index in [1.165, 1.54) is 38.5 Å². The van der Waals surface area contributed by atoms with Gasteiger partial charge in [0, 0.05) is 11.6 Å². The van der Waals surface area contributed by atoms with Gasteiger partial charge in [-0.2, -0.15) is 0 Å². The number of hydrogen-bond donors (Lipinski definition) is 1. The Balaban J connectivity index is 1.60. The Morgan fingerprint density at radius 3 is 2.70 bits per heavy atom. The number of rotatable bonds is 9. The Bertz CT molecular complexity index is 406. The molecule has 3 nitrogen and oxygen atoms in total. The highest BCUT2D eigenvalue weighted by Crippen LogP contribution is 2.33. The van der Waals surface area contributed by atoms with E-state index in [0.29, 0.717) is 6.61 Å². The van der Waals surface area contributed by atoms with Crippen molar-refractivity contribution in [3.63, 3.8) is 0 Å². The van der Waals surface area contributed by atoms with Crippen LogP contribution in [0.15, 0.2) is 18.2 Å². The van der Waals surface area contributed by atoms with E-state index in [-0.39, 0.29) is 6.04 Å². The summed E-state index contributed by atoms with van der Waals surface area (Å²) < 4.78 is 11.3. The van der Waals surface area contributed by atoms with E-state index in [1.807, 2.05) is 18.2 Å². The summed E-state index contributed by atoms with van der Waals surface area (Å²) in [6.07, 6.45) is 9.13. The Morgan fingerprint density at radius 2 is 1.90 bits per heavy atom. The molecule has 0 saturated heterocycles. The van der Waals surface area contributed by atoms with Gasteiger partial charge in [0.15, 0.2) is 0 Å². The van der Waals surface area contributed by atoms with Crippen LogP contribution >= 0.6 is 0 Å². The molecule has 1 atom stereocenters. The summed E-state index contributed by atoms with van der Waals surface area (Å²) in [5, 5.41) is 0. The summed E-state index contributed by atoms with van der Waals surface area (Å²) in [5.41, 5.74) is 7.01. The van der Waals surface area contributed by atoms with Crippen LogP contribution in [0.1, 0.15) is 63.5 Å². The maximum absolute atomic E-state index is 5.92. The number of hydrogen-bond acceptors (Lipinski definition) is 3. The zero-order chi connectivity index (χ0) is 14.2. The smallest absolute Gasteiger partial charge is 0.127 e. The Labute approximate surface area is 122 Å². The van der Waals surface area contributed by atoms with Crippen LogP contribution in [-0.4, -0.2) is 13.2 Å². The highest BCUT2D eigenvalue weighted by molar-refractivity contribution is 5.44. The van der Waals surface area contributed by atoms with Crippen molar-refractivity contribution >= 4 is 0 Å². The second-order valence-corrected chi connectivity index (χ2v) is 5.59. The molecule has 1 aromatic rings. The molecule has 1 aliphatic rings. The van der Waals surface area contributed by atoms with Gasteiger partial charge in [-0.3, -0.25) is 0 Å². The summed E-state index contributed by atoms with van der Waals surface area (Å²) in [6, 6.07) is 5.99. The van der Waals surface area contributed by atoms with Crippen molar-refractivity contribution in [3.8, 4) is 11.5 Å². The molecule has 2 rings (SSSR count). The summed E-state index contributed by atoms with van der Waals surface area (Å²) in [6.45, 7) is 3.62. The lowest BCUT2D eigenvalue weighted by Crippen LogP contribution is -2.10. The average molecular weight is 277 g/mol. The molecule has 0 radical (unpaired) electrons. The van der Waals surface area contributed by atoms with Crippen molar-refractivity contribution in [3.05, 3.63) is 23.8 Å². The topological polar surface area (TPSA) is 44.5 Å². The van der Waals surface area contributed by atoms with Crippen molar-refractivity contribution in [2.75, 3.05) is 13.2 Å². The van der Waals surface area contributed by atoms with Gasteiger partial charge in [-0.25, -0.2) is 0 Å². The zero-order valence-corrected chi connectivity index (χ0v) is 12.6. The van der Waals surface area contributed by atoms with E-state index >= 15 is 0 Å². The lowest BCUT2D eigenvalue weighted by molar-refractivity contribution is 0.299. The minimum Gasteiger partial charge on any atom is -0.493 e. The van der Waals surface area contributed by atoms with Gasteiger partial charge < -0.3 is 15.2 Å². The number of ether oxygens (including phenoxy) is 2. The molecule has 1 aromatic carbocycles. The van der Waals surface area contributed by atoms with Crippen molar-refractivity contribution in [1.29, 1.82) is 0 Å². The van der Waals surface area contributed by atoms with Gasteiger partial charge >= 0.3 is 0 Å². The Hall–Kier alpha value is -1.22. The van der Waals surface area contributed by atoms with Crippen molar-refractivity contribution in [2.24, 2.45) is 5.73 Å². The minimum absolute atomic E-state index is 0.0159. The lowest BCUT2D eigenvalue weighted by atomic mass is 10.1. The molecular formula is C17H27NO2. The molecule has 0 amide bonds. The summed E-state index contributed by atoms with van der Waals surface area (Å²) in [7, 11) is 0. The third-order valence-electron chi connectivity index (χ3n) is 3.82. The number of fused-ring (bicyclic) bond motifs is 1. The van der Waals surface area contributed by atoms with Gasteiger partial charge in [0.25, 0.3) is 0 Å². The molecule has 2 N–H and O–H groups in total. The van der Waals surface area contributed by atoms with Crippen LogP contribution in [-0.2, 0) is 0 Å². The second-order valence-electron chi connectivity index (χ2n) is 5.59. The Kier molecular flexibility index (Phi) is 6.19. The van der Waals surface area contributed by atoms with E-state index in [9.17, 15) is 0 Å². The zero-order valence-electron chi connectivity index (χ0n) is 12.6. The molecule has 3 heteroatoms. The van der Waals surface area contributed by atoms with Crippen LogP contribution in [0.5, 0.6) is 11.5 Å². The van der Waals surface area contributed by atoms with Crippen molar-refractivity contribution in [2.45, 2.75) is 57.9 Å². The molecule has 0 aliphatic carbocycles. The predicted octanol–water partition coefficient (Wildman–Crippen LogP) is 4.21. The molecule has 0 aromatic heterocycles. The number of benzene rings is 1. The van der Waals surface area contributed by atoms with Gasteiger partial charge in [0.2, 0.25) is 0 Å². The van der Waals surface area contributed by atoms with Gasteiger partial charge in [-0.1, -0.05) is 45.4 Å². The molecular weight excluding hydrogens is 250 g/mol. The van der Waals surface area contributed by atoms with Gasteiger partial charge in [-0.05, 0) is 18.6 Å². The molecule has 1 unspecified atom stereocenters. The first-order chi connectivity index (χ1) is 9.81. The fourth-order valence-electron chi connectivity index (χ4n) is 2.55. The van der Waals surface area contributed by atoms with E-state index in [1.54, 1.807) is 0 Å². The maximum Gasteiger partial charge on any atom is 0.127 e. The van der Waals surface area contributed by atoms with E-state index in [2.05, 4.69) is 6.92 Å². The first kappa shape index (κ1) is 15.2. The van der Waals surface area contributed by atoms with Crippen LogP contribution in [0.2, 0.25) is 0 Å². The van der Waals surface area contributed by atoms with Crippen molar-refractivity contribution < 1.29 is 9.47 Å². The average Bonchev–Trinajstić information content (AvgIpc) is 2.83. The second kappa shape index (κ2) is 8.15. The normalized spacial score (nSPS) is 16.8. The quantitative estimate of drug-likeness (QED) is 0.688. The van der Waals surface area contributed by atoms with Gasteiger partial charge in [0.1, 0.15) is 18.1 Å². The number of nitrogens with two attached hydrogens (primary N) is 1. The SMILES string of the molecule is CCCCCCCCCOc1ccc2c(c1)OCC2N. The fraction of sp³-hybridized carbons (Fsp3) is 0.647. The van der Waals surface area contributed by atoms with E-state index < -0.39 is 0 Å². The monoisotopic (exact) mass is 277 g/mol. The molecule has 1 heterocycles. The fourth-order valence-corrected chi connectivity index (χ4v) is 2.55. The van der Waals surface area contributed by atoms with E-state index in [4.69, 9.17) is 15.2 Å². The maximum atomic E-state index is 5.92. The van der Waals surface area contributed by atoms with Crippen LogP contribution < -0.4 is 15.2 Å². The summed E-state index contributed by atoms with van der Waals surface area (Å²) in [5.74, 6) is 1.78. The lowest BCUT2D eigenvalue weighted by Gasteiger charge is -2.08. The molecule has 0 saturated carbocycles. The highest BCUT2D eigenvalue weighted by atomic mass is 16.5. The minimum atomic E-state index is 0.0159. The molecule has 20 heavy (non-hydrogen) atoms. The first-order valence-electron chi connectivity index (χ1n) is 7.96. The van der Waals surface area contributed by atoms with Crippen LogP contribution in [0.25, 0.3) is 0 Å². The van der Waals surface area contributed by atoms with Gasteiger partial charge in [-0.15, -0.1) is 0 Å². The van der Waals surface area contributed by atoms with Crippen molar-refractivity contribution in [1.82, 2.24) is 0 Å². The summed E-state index contributed by atoms with van der Waals surface area (Å²) in [4.78, 5) is 0. The first-order valence-corrected chi connectivity index (χ1v) is 7.96. The Morgan fingerprint density at radius 1 is 1.15 bits per heavy atom. The summed E-state index contributed by atoms with van der Waals surface area (Å²) >= 11 is 0. The highest BCUT2D eigenvalue weighted by Gasteiger charge is 2.20. The molecule has 0 fully saturated rings. The third kappa shape index (κ3) is 4.41. The largest absolute Gasteiger partial charge is 0.493 e. The third-order valence-corrected chi connectivity index (χ3v) is 3.82. The van der Waals surface area contributed by atoms with E-state index in [0.717, 1.165) is 30.1 Å². The molecule has 112 valence electrons. The molecule has 1 aliphatic heterocycles. The standard InChI is InChI=1S/C17H27NO2/c1-2-3-4-5-6-7-8-11-19-14-9-10-15-16(18)13-20-17(15)12-14/h9-10,12,16H,2-8,11,13,18H2,1H3. The van der Waals surface area contributed by atoms with Gasteiger partial charge in [0.05, 0.1) is 12.6 Å². The van der Waals surface area contributed by atoms with Crippen LogP contribution in [0, 0.1) is 0 Å². The van der Waals surface area contributed by atoms with Crippen LogP contribution in [0.3, 0.4) is 0 Å². The molecule has 0 spiro atoms. The predicted molar refractivity (Wildman–Crippen MR) is 82.4 cm³/mol. The number of unbranched alkanes of at least 4 members (excludes halogenated alkanes) is 6.